The van der Waals surface area contributed by atoms with Crippen LogP contribution >= 0.6 is 0 Å². The van der Waals surface area contributed by atoms with E-state index in [0.717, 1.165) is 17.7 Å². The predicted molar refractivity (Wildman–Crippen MR) is 102 cm³/mol. The molecule has 0 heterocycles. The van der Waals surface area contributed by atoms with Gasteiger partial charge in [-0.25, -0.2) is 8.78 Å². The Hall–Kier alpha value is -2.47. The third-order valence-electron chi connectivity index (χ3n) is 4.69. The van der Waals surface area contributed by atoms with Gasteiger partial charge in [0.15, 0.2) is 0 Å². The maximum atomic E-state index is 14.0. The lowest BCUT2D eigenvalue weighted by molar-refractivity contribution is -0.121. The van der Waals surface area contributed by atoms with E-state index in [1.54, 1.807) is 14.1 Å². The molecule has 0 aliphatic carbocycles. The lowest BCUT2D eigenvalue weighted by Crippen LogP contribution is -2.42. The summed E-state index contributed by atoms with van der Waals surface area (Å²) in [6.45, 7) is 2.26. The first-order valence-electron chi connectivity index (χ1n) is 8.93. The molecular weight excluding hydrogens is 350 g/mol. The maximum Gasteiger partial charge on any atom is 0.220 e. The van der Waals surface area contributed by atoms with Crippen molar-refractivity contribution < 1.29 is 18.7 Å². The largest absolute Gasteiger partial charge is 0.508 e. The molecule has 4 nitrogen and oxygen atoms in total. The second-order valence-electron chi connectivity index (χ2n) is 7.03. The number of rotatable bonds is 8. The zero-order valence-electron chi connectivity index (χ0n) is 15.9. The van der Waals surface area contributed by atoms with E-state index < -0.39 is 17.4 Å². The Bertz CT molecular complexity index is 743. The molecule has 0 aliphatic heterocycles. The van der Waals surface area contributed by atoms with Crippen LogP contribution in [0.15, 0.2) is 42.5 Å². The van der Waals surface area contributed by atoms with Crippen LogP contribution in [0, 0.1) is 11.6 Å². The molecule has 2 aromatic carbocycles. The fourth-order valence-electron chi connectivity index (χ4n) is 2.94. The molecule has 2 aromatic rings. The Morgan fingerprint density at radius 2 is 1.74 bits per heavy atom. The lowest BCUT2D eigenvalue weighted by Gasteiger charge is -2.25. The van der Waals surface area contributed by atoms with Gasteiger partial charge >= 0.3 is 0 Å². The smallest absolute Gasteiger partial charge is 0.220 e. The molecule has 0 aromatic heterocycles. The molecule has 6 heteroatoms. The topological polar surface area (TPSA) is 52.6 Å². The molecule has 27 heavy (non-hydrogen) atoms. The normalized spacial score (nSPS) is 13.4. The van der Waals surface area contributed by atoms with Crippen LogP contribution in [0.3, 0.4) is 0 Å². The molecule has 0 unspecified atom stereocenters. The number of nitrogens with one attached hydrogen (secondary N) is 1. The first-order chi connectivity index (χ1) is 12.8. The van der Waals surface area contributed by atoms with E-state index in [0.29, 0.717) is 6.42 Å². The molecule has 2 rings (SSSR count). The van der Waals surface area contributed by atoms with E-state index in [1.807, 2.05) is 42.2 Å². The highest BCUT2D eigenvalue weighted by molar-refractivity contribution is 5.76. The summed E-state index contributed by atoms with van der Waals surface area (Å²) in [6, 6.07) is 11.3. The van der Waals surface area contributed by atoms with Crippen LogP contribution in [-0.2, 0) is 11.2 Å². The number of aromatic hydroxyl groups is 1. The van der Waals surface area contributed by atoms with Crippen molar-refractivity contribution in [3.8, 4) is 5.75 Å². The van der Waals surface area contributed by atoms with Crippen molar-refractivity contribution in [1.29, 1.82) is 0 Å². The van der Waals surface area contributed by atoms with Crippen LogP contribution in [0.25, 0.3) is 0 Å². The third-order valence-corrected chi connectivity index (χ3v) is 4.69. The Balaban J connectivity index is 1.96. The Kier molecular flexibility index (Phi) is 7.30. The van der Waals surface area contributed by atoms with E-state index >= 15 is 0 Å². The van der Waals surface area contributed by atoms with E-state index in [2.05, 4.69) is 5.32 Å². The molecule has 2 atom stereocenters. The predicted octanol–water partition coefficient (Wildman–Crippen LogP) is 3.45. The number of carbonyl (C=O) groups is 1. The molecule has 0 spiro atoms. The minimum Gasteiger partial charge on any atom is -0.508 e. The number of phenolic OH excluding ortho intramolecular Hbond substituents is 1. The Labute approximate surface area is 158 Å². The summed E-state index contributed by atoms with van der Waals surface area (Å²) in [5, 5.41) is 12.1. The van der Waals surface area contributed by atoms with Crippen molar-refractivity contribution in [2.45, 2.75) is 31.7 Å². The summed E-state index contributed by atoms with van der Waals surface area (Å²) in [5.74, 6) is -2.05. The maximum absolute atomic E-state index is 14.0. The summed E-state index contributed by atoms with van der Waals surface area (Å²) in [6.07, 6.45) is 0.422. The molecule has 146 valence electrons. The third kappa shape index (κ3) is 6.03. The van der Waals surface area contributed by atoms with Gasteiger partial charge in [0.05, 0.1) is 0 Å². The quantitative estimate of drug-likeness (QED) is 0.742. The zero-order chi connectivity index (χ0) is 20.0. The fraction of sp³-hybridized carbons (Fsp3) is 0.381. The molecular formula is C21H26F2N2O2. The van der Waals surface area contributed by atoms with Crippen molar-refractivity contribution in [2.24, 2.45) is 0 Å². The van der Waals surface area contributed by atoms with Gasteiger partial charge in [0, 0.05) is 36.7 Å². The number of phenols is 1. The van der Waals surface area contributed by atoms with Gasteiger partial charge in [-0.15, -0.1) is 0 Å². The van der Waals surface area contributed by atoms with Crippen LogP contribution < -0.4 is 5.32 Å². The average Bonchev–Trinajstić information content (AvgIpc) is 2.60. The van der Waals surface area contributed by atoms with E-state index in [4.69, 9.17) is 0 Å². The lowest BCUT2D eigenvalue weighted by atomic mass is 9.97. The van der Waals surface area contributed by atoms with E-state index in [9.17, 15) is 18.7 Å². The van der Waals surface area contributed by atoms with E-state index in [1.165, 1.54) is 0 Å². The van der Waals surface area contributed by atoms with Crippen molar-refractivity contribution in [1.82, 2.24) is 10.2 Å². The number of halogens is 2. The van der Waals surface area contributed by atoms with Gasteiger partial charge in [-0.1, -0.05) is 37.3 Å². The number of amides is 1. The summed E-state index contributed by atoms with van der Waals surface area (Å²) >= 11 is 0. The molecule has 0 bridgehead atoms. The monoisotopic (exact) mass is 376 g/mol. The number of nitrogens with zero attached hydrogens (tertiary/aromatic N) is 1. The van der Waals surface area contributed by atoms with Gasteiger partial charge in [0.1, 0.15) is 17.4 Å². The standard InChI is InChI=1S/C21H26F2N2O2/c1-14(15-7-5-4-6-8-15)9-21(27)24-13-16(25(2)3)10-18-19(22)11-17(26)12-20(18)23/h4-8,11-12,14,16,26H,9-10,13H2,1-3H3,(H,24,27)/t14-,16-/m0/s1. The first kappa shape index (κ1) is 20.8. The summed E-state index contributed by atoms with van der Waals surface area (Å²) in [7, 11) is 3.58. The second kappa shape index (κ2) is 9.46. The van der Waals surface area contributed by atoms with Gasteiger partial charge < -0.3 is 15.3 Å². The van der Waals surface area contributed by atoms with E-state index in [-0.39, 0.29) is 36.4 Å². The molecule has 0 radical (unpaired) electrons. The minimum absolute atomic E-state index is 0.0796. The highest BCUT2D eigenvalue weighted by atomic mass is 19.1. The second-order valence-corrected chi connectivity index (χ2v) is 7.03. The summed E-state index contributed by atoms with van der Waals surface area (Å²) in [5.41, 5.74) is 0.989. The van der Waals surface area contributed by atoms with Crippen LogP contribution in [0.2, 0.25) is 0 Å². The van der Waals surface area contributed by atoms with Crippen LogP contribution in [0.1, 0.15) is 30.4 Å². The average molecular weight is 376 g/mol. The van der Waals surface area contributed by atoms with Gasteiger partial charge in [-0.05, 0) is 32.0 Å². The fourth-order valence-corrected chi connectivity index (χ4v) is 2.94. The first-order valence-corrected chi connectivity index (χ1v) is 8.93. The van der Waals surface area contributed by atoms with Crippen molar-refractivity contribution in [3.63, 3.8) is 0 Å². The molecule has 2 N–H and O–H groups in total. The minimum atomic E-state index is -0.789. The number of likely N-dealkylation sites (N-methyl/N-ethyl adjacent to an activating group) is 1. The summed E-state index contributed by atoms with van der Waals surface area (Å²) < 4.78 is 28.0. The zero-order valence-corrected chi connectivity index (χ0v) is 15.9. The van der Waals surface area contributed by atoms with Crippen molar-refractivity contribution >= 4 is 5.91 Å². The molecule has 0 fully saturated rings. The van der Waals surface area contributed by atoms with Crippen LogP contribution in [0.4, 0.5) is 8.78 Å². The number of carbonyl (C=O) groups excluding carboxylic acids is 1. The SMILES string of the molecule is C[C@@H](CC(=O)NC[C@H](Cc1c(F)cc(O)cc1F)N(C)C)c1ccccc1. The molecule has 0 aliphatic rings. The molecule has 0 saturated carbocycles. The van der Waals surface area contributed by atoms with Gasteiger partial charge in [0.2, 0.25) is 5.91 Å². The Morgan fingerprint density at radius 3 is 2.30 bits per heavy atom. The number of hydrogen-bond acceptors (Lipinski definition) is 3. The van der Waals surface area contributed by atoms with Crippen LogP contribution in [0.5, 0.6) is 5.75 Å². The summed E-state index contributed by atoms with van der Waals surface area (Å²) in [4.78, 5) is 14.1. The number of benzene rings is 2. The Morgan fingerprint density at radius 1 is 1.15 bits per heavy atom. The van der Waals surface area contributed by atoms with Gasteiger partial charge in [0.25, 0.3) is 0 Å². The highest BCUT2D eigenvalue weighted by Gasteiger charge is 2.20. The highest BCUT2D eigenvalue weighted by Crippen LogP contribution is 2.22. The van der Waals surface area contributed by atoms with Crippen molar-refractivity contribution in [2.75, 3.05) is 20.6 Å². The van der Waals surface area contributed by atoms with Gasteiger partial charge in [-0.3, -0.25) is 4.79 Å². The molecule has 1 amide bonds. The van der Waals surface area contributed by atoms with Crippen LogP contribution in [-0.4, -0.2) is 42.6 Å². The van der Waals surface area contributed by atoms with Crippen molar-refractivity contribution in [3.05, 3.63) is 65.2 Å². The number of hydrogen-bond donors (Lipinski definition) is 2. The van der Waals surface area contributed by atoms with Gasteiger partial charge in [-0.2, -0.15) is 0 Å². The molecule has 0 saturated heterocycles.